The van der Waals surface area contributed by atoms with E-state index in [0.717, 1.165) is 19.6 Å². The van der Waals surface area contributed by atoms with E-state index in [-0.39, 0.29) is 12.0 Å². The normalized spacial score (nSPS) is 45.3. The summed E-state index contributed by atoms with van der Waals surface area (Å²) in [7, 11) is 0. The van der Waals surface area contributed by atoms with Crippen molar-refractivity contribution < 1.29 is 4.79 Å². The highest BCUT2D eigenvalue weighted by Gasteiger charge is 2.50. The molecular weight excluding hydrogens is 214 g/mol. The van der Waals surface area contributed by atoms with E-state index in [1.54, 1.807) is 0 Å². The molecule has 96 valence electrons. The van der Waals surface area contributed by atoms with Crippen molar-refractivity contribution in [1.29, 1.82) is 0 Å². The van der Waals surface area contributed by atoms with Gasteiger partial charge >= 0.3 is 0 Å². The molecule has 5 atom stereocenters. The molecule has 0 aromatic heterocycles. The minimum absolute atomic E-state index is 0.124. The molecule has 1 amide bonds. The average Bonchev–Trinajstić information content (AvgIpc) is 2.88. The van der Waals surface area contributed by atoms with Gasteiger partial charge < -0.3 is 16.0 Å². The van der Waals surface area contributed by atoms with E-state index in [1.165, 1.54) is 19.3 Å². The third-order valence-electron chi connectivity index (χ3n) is 4.95. The lowest BCUT2D eigenvalue weighted by Gasteiger charge is -2.37. The van der Waals surface area contributed by atoms with Crippen LogP contribution in [0.15, 0.2) is 0 Å². The Kier molecular flexibility index (Phi) is 2.87. The second-order valence-corrected chi connectivity index (χ2v) is 6.08. The molecule has 4 nitrogen and oxygen atoms in total. The van der Waals surface area contributed by atoms with Crippen LogP contribution >= 0.6 is 0 Å². The summed E-state index contributed by atoms with van der Waals surface area (Å²) in [4.78, 5) is 14.6. The molecule has 3 rings (SSSR count). The first kappa shape index (κ1) is 11.5. The van der Waals surface area contributed by atoms with E-state index in [1.807, 2.05) is 4.90 Å². The summed E-state index contributed by atoms with van der Waals surface area (Å²) in [5, 5.41) is 3.38. The van der Waals surface area contributed by atoms with Gasteiger partial charge in [-0.05, 0) is 38.0 Å². The lowest BCUT2D eigenvalue weighted by molar-refractivity contribution is -0.138. The highest BCUT2D eigenvalue weighted by molar-refractivity contribution is 5.80. The van der Waals surface area contributed by atoms with Gasteiger partial charge in [-0.3, -0.25) is 4.79 Å². The summed E-state index contributed by atoms with van der Waals surface area (Å²) < 4.78 is 0. The van der Waals surface area contributed by atoms with Crippen LogP contribution in [-0.2, 0) is 4.79 Å². The molecule has 2 saturated carbocycles. The van der Waals surface area contributed by atoms with Crippen molar-refractivity contribution in [3.05, 3.63) is 0 Å². The number of nitrogens with two attached hydrogens (primary N) is 1. The number of hydrogen-bond acceptors (Lipinski definition) is 3. The first-order valence-corrected chi connectivity index (χ1v) is 6.94. The standard InChI is InChI=1S/C13H23N3O/c1-8-7-16(5-4-15-8)13(17)11-9-2-3-10(6-9)12(11)14/h8-12,15H,2-7,14H2,1H3. The predicted molar refractivity (Wildman–Crippen MR) is 66.3 cm³/mol. The van der Waals surface area contributed by atoms with Gasteiger partial charge in [0.05, 0.1) is 5.92 Å². The molecule has 2 bridgehead atoms. The summed E-state index contributed by atoms with van der Waals surface area (Å²) in [5.41, 5.74) is 6.24. The van der Waals surface area contributed by atoms with Gasteiger partial charge in [-0.15, -0.1) is 0 Å². The van der Waals surface area contributed by atoms with Gasteiger partial charge in [-0.25, -0.2) is 0 Å². The Morgan fingerprint density at radius 1 is 1.35 bits per heavy atom. The summed E-state index contributed by atoms with van der Waals surface area (Å²) in [6, 6.07) is 0.550. The van der Waals surface area contributed by atoms with Gasteiger partial charge in [0, 0.05) is 31.7 Å². The van der Waals surface area contributed by atoms with Gasteiger partial charge in [-0.1, -0.05) is 0 Å². The Bertz CT molecular complexity index is 318. The largest absolute Gasteiger partial charge is 0.340 e. The number of carbonyl (C=O) groups excluding carboxylic acids is 1. The van der Waals surface area contributed by atoms with E-state index in [4.69, 9.17) is 5.73 Å². The van der Waals surface area contributed by atoms with Crippen molar-refractivity contribution in [3.63, 3.8) is 0 Å². The zero-order valence-corrected chi connectivity index (χ0v) is 10.6. The molecule has 1 saturated heterocycles. The molecule has 3 N–H and O–H groups in total. The van der Waals surface area contributed by atoms with Gasteiger partial charge in [-0.2, -0.15) is 0 Å². The fourth-order valence-electron chi connectivity index (χ4n) is 4.05. The maximum absolute atomic E-state index is 12.6. The van der Waals surface area contributed by atoms with Gasteiger partial charge in [0.1, 0.15) is 0 Å². The van der Waals surface area contributed by atoms with Crippen molar-refractivity contribution in [2.45, 2.75) is 38.3 Å². The maximum Gasteiger partial charge on any atom is 0.227 e. The SMILES string of the molecule is CC1CN(C(=O)C2C3CCC(C3)C2N)CCN1. The lowest BCUT2D eigenvalue weighted by Crippen LogP contribution is -2.55. The van der Waals surface area contributed by atoms with Crippen LogP contribution in [0.4, 0.5) is 0 Å². The van der Waals surface area contributed by atoms with Crippen LogP contribution in [-0.4, -0.2) is 42.5 Å². The van der Waals surface area contributed by atoms with E-state index < -0.39 is 0 Å². The average molecular weight is 237 g/mol. The lowest BCUT2D eigenvalue weighted by atomic mass is 9.84. The first-order chi connectivity index (χ1) is 8.16. The number of nitrogens with zero attached hydrogens (tertiary/aromatic N) is 1. The van der Waals surface area contributed by atoms with Gasteiger partial charge in [0.2, 0.25) is 5.91 Å². The monoisotopic (exact) mass is 237 g/mol. The number of carbonyl (C=O) groups is 1. The molecule has 0 aromatic rings. The zero-order chi connectivity index (χ0) is 12.0. The van der Waals surface area contributed by atoms with Crippen LogP contribution in [0, 0.1) is 17.8 Å². The Morgan fingerprint density at radius 2 is 2.12 bits per heavy atom. The predicted octanol–water partition coefficient (Wildman–Crippen LogP) is 0.180. The number of amides is 1. The smallest absolute Gasteiger partial charge is 0.227 e. The Labute approximate surface area is 103 Å². The van der Waals surface area contributed by atoms with Gasteiger partial charge in [0.15, 0.2) is 0 Å². The fraction of sp³-hybridized carbons (Fsp3) is 0.923. The first-order valence-electron chi connectivity index (χ1n) is 6.94. The molecule has 0 spiro atoms. The molecule has 5 unspecified atom stereocenters. The summed E-state index contributed by atoms with van der Waals surface area (Å²) in [6.07, 6.45) is 3.66. The summed E-state index contributed by atoms with van der Waals surface area (Å²) in [5.74, 6) is 1.65. The molecule has 0 radical (unpaired) electrons. The summed E-state index contributed by atoms with van der Waals surface area (Å²) in [6.45, 7) is 4.76. The molecule has 1 aliphatic heterocycles. The third kappa shape index (κ3) is 1.87. The number of hydrogen-bond donors (Lipinski definition) is 2. The van der Waals surface area contributed by atoms with Crippen LogP contribution in [0.3, 0.4) is 0 Å². The number of fused-ring (bicyclic) bond motifs is 2. The molecule has 1 heterocycles. The molecule has 3 aliphatic rings. The van der Waals surface area contributed by atoms with E-state index in [9.17, 15) is 4.79 Å². The maximum atomic E-state index is 12.6. The fourth-order valence-corrected chi connectivity index (χ4v) is 4.05. The minimum atomic E-state index is 0.124. The van der Waals surface area contributed by atoms with Crippen LogP contribution < -0.4 is 11.1 Å². The molecule has 4 heteroatoms. The number of rotatable bonds is 1. The molecule has 0 aromatic carbocycles. The zero-order valence-electron chi connectivity index (χ0n) is 10.6. The molecular formula is C13H23N3O. The Balaban J connectivity index is 1.69. The highest BCUT2D eigenvalue weighted by atomic mass is 16.2. The van der Waals surface area contributed by atoms with Crippen molar-refractivity contribution in [3.8, 4) is 0 Å². The van der Waals surface area contributed by atoms with Crippen molar-refractivity contribution in [2.75, 3.05) is 19.6 Å². The van der Waals surface area contributed by atoms with Gasteiger partial charge in [0.25, 0.3) is 0 Å². The second kappa shape index (κ2) is 4.25. The Morgan fingerprint density at radius 3 is 2.76 bits per heavy atom. The van der Waals surface area contributed by atoms with E-state index in [2.05, 4.69) is 12.2 Å². The third-order valence-corrected chi connectivity index (χ3v) is 4.95. The van der Waals surface area contributed by atoms with Crippen molar-refractivity contribution in [2.24, 2.45) is 23.5 Å². The topological polar surface area (TPSA) is 58.4 Å². The van der Waals surface area contributed by atoms with Crippen LogP contribution in [0.1, 0.15) is 26.2 Å². The molecule has 2 aliphatic carbocycles. The minimum Gasteiger partial charge on any atom is -0.340 e. The number of piperazine rings is 1. The van der Waals surface area contributed by atoms with Crippen LogP contribution in [0.5, 0.6) is 0 Å². The molecule has 3 fully saturated rings. The highest BCUT2D eigenvalue weighted by Crippen LogP contribution is 2.48. The molecule has 17 heavy (non-hydrogen) atoms. The van der Waals surface area contributed by atoms with E-state index >= 15 is 0 Å². The van der Waals surface area contributed by atoms with Crippen molar-refractivity contribution >= 4 is 5.91 Å². The quantitative estimate of drug-likeness (QED) is 0.684. The number of nitrogens with one attached hydrogen (secondary N) is 1. The Hall–Kier alpha value is -0.610. The van der Waals surface area contributed by atoms with Crippen molar-refractivity contribution in [1.82, 2.24) is 10.2 Å². The van der Waals surface area contributed by atoms with E-state index in [0.29, 0.717) is 23.8 Å². The summed E-state index contributed by atoms with van der Waals surface area (Å²) >= 11 is 0. The van der Waals surface area contributed by atoms with Crippen LogP contribution in [0.25, 0.3) is 0 Å². The van der Waals surface area contributed by atoms with Crippen LogP contribution in [0.2, 0.25) is 0 Å². The second-order valence-electron chi connectivity index (χ2n) is 6.08.